The highest BCUT2D eigenvalue weighted by molar-refractivity contribution is 5.84. The zero-order valence-electron chi connectivity index (χ0n) is 22.5. The summed E-state index contributed by atoms with van der Waals surface area (Å²) in [6.07, 6.45) is -1.04. The van der Waals surface area contributed by atoms with Crippen LogP contribution in [0.3, 0.4) is 0 Å². The van der Waals surface area contributed by atoms with Crippen molar-refractivity contribution in [3.8, 4) is 5.75 Å². The van der Waals surface area contributed by atoms with Crippen LogP contribution in [0.4, 0.5) is 24.9 Å². The van der Waals surface area contributed by atoms with Gasteiger partial charge in [0.15, 0.2) is 17.0 Å². The minimum atomic E-state index is -4.37. The van der Waals surface area contributed by atoms with Crippen molar-refractivity contribution in [2.24, 2.45) is 0 Å². The summed E-state index contributed by atoms with van der Waals surface area (Å²) in [5, 5.41) is 3.45. The Balaban J connectivity index is 1.29. The van der Waals surface area contributed by atoms with Gasteiger partial charge in [-0.3, -0.25) is 0 Å². The van der Waals surface area contributed by atoms with Gasteiger partial charge in [0.2, 0.25) is 5.95 Å². The van der Waals surface area contributed by atoms with Crippen LogP contribution in [0, 0.1) is 0 Å². The number of methoxy groups -OCH3 is 1. The minimum Gasteiger partial charge on any atom is -0.497 e. The molecule has 0 bridgehead atoms. The van der Waals surface area contributed by atoms with Crippen molar-refractivity contribution in [2.45, 2.75) is 32.1 Å². The van der Waals surface area contributed by atoms with Gasteiger partial charge in [-0.1, -0.05) is 48.5 Å². The molecule has 210 valence electrons. The van der Waals surface area contributed by atoms with Crippen LogP contribution in [0.2, 0.25) is 0 Å². The highest BCUT2D eigenvalue weighted by Crippen LogP contribution is 2.30. The lowest BCUT2D eigenvalue weighted by atomic mass is 10.0. The molecule has 0 radical (unpaired) electrons. The Morgan fingerprint density at radius 3 is 2.37 bits per heavy atom. The molecule has 3 heterocycles. The number of rotatable bonds is 8. The summed E-state index contributed by atoms with van der Waals surface area (Å²) in [5.74, 6) is 2.03. The van der Waals surface area contributed by atoms with Crippen molar-refractivity contribution in [1.29, 1.82) is 0 Å². The molecule has 0 spiro atoms. The minimum absolute atomic E-state index is 0.333. The molecule has 10 heteroatoms. The molecule has 41 heavy (non-hydrogen) atoms. The van der Waals surface area contributed by atoms with E-state index in [1.807, 2.05) is 34.9 Å². The zero-order valence-corrected chi connectivity index (χ0v) is 22.5. The summed E-state index contributed by atoms with van der Waals surface area (Å²) in [6.45, 7) is 2.44. The predicted octanol–water partition coefficient (Wildman–Crippen LogP) is 6.12. The third-order valence-corrected chi connectivity index (χ3v) is 7.36. The molecule has 1 aliphatic rings. The molecule has 0 aliphatic carbocycles. The van der Waals surface area contributed by atoms with Crippen LogP contribution in [0.15, 0.2) is 79.1 Å². The van der Waals surface area contributed by atoms with Gasteiger partial charge in [0.05, 0.1) is 25.5 Å². The molecule has 0 unspecified atom stereocenters. The molecular formula is C31H29F3N6O. The van der Waals surface area contributed by atoms with Crippen LogP contribution < -0.4 is 15.0 Å². The fourth-order valence-electron chi connectivity index (χ4n) is 5.09. The van der Waals surface area contributed by atoms with E-state index in [9.17, 15) is 13.2 Å². The lowest BCUT2D eigenvalue weighted by Gasteiger charge is -2.29. The van der Waals surface area contributed by atoms with Gasteiger partial charge in [0, 0.05) is 19.6 Å². The van der Waals surface area contributed by atoms with Crippen molar-refractivity contribution in [1.82, 2.24) is 19.5 Å². The number of ether oxygens (including phenoxy) is 1. The van der Waals surface area contributed by atoms with Gasteiger partial charge in [-0.15, -0.1) is 0 Å². The second-order valence-electron chi connectivity index (χ2n) is 10.1. The monoisotopic (exact) mass is 558 g/mol. The van der Waals surface area contributed by atoms with E-state index in [-0.39, 0.29) is 0 Å². The molecule has 1 aliphatic heterocycles. The van der Waals surface area contributed by atoms with Gasteiger partial charge in [0.1, 0.15) is 5.75 Å². The smallest absolute Gasteiger partial charge is 0.416 e. The van der Waals surface area contributed by atoms with Crippen molar-refractivity contribution in [2.75, 3.05) is 30.4 Å². The SMILES string of the molecule is COc1ccc(CCNc2nc(N3CCc4ccccc4C3)nc3c2ncn3Cc2ccc(C(F)(F)F)cc2)cc1. The van der Waals surface area contributed by atoms with Crippen LogP contribution in [-0.4, -0.2) is 39.7 Å². The Morgan fingerprint density at radius 2 is 1.63 bits per heavy atom. The van der Waals surface area contributed by atoms with E-state index in [1.165, 1.54) is 23.3 Å². The molecule has 0 saturated heterocycles. The Kier molecular flexibility index (Phi) is 7.21. The predicted molar refractivity (Wildman–Crippen MR) is 152 cm³/mol. The first-order valence-electron chi connectivity index (χ1n) is 13.4. The molecule has 2 aromatic heterocycles. The normalized spacial score (nSPS) is 13.3. The lowest BCUT2D eigenvalue weighted by molar-refractivity contribution is -0.137. The highest BCUT2D eigenvalue weighted by Gasteiger charge is 2.30. The average molecular weight is 559 g/mol. The maximum atomic E-state index is 13.1. The molecular weight excluding hydrogens is 529 g/mol. The highest BCUT2D eigenvalue weighted by atomic mass is 19.4. The van der Waals surface area contributed by atoms with E-state index in [4.69, 9.17) is 14.7 Å². The number of halogens is 3. The van der Waals surface area contributed by atoms with Crippen LogP contribution >= 0.6 is 0 Å². The van der Waals surface area contributed by atoms with Gasteiger partial charge in [0.25, 0.3) is 0 Å². The average Bonchev–Trinajstić information content (AvgIpc) is 3.39. The molecule has 1 N–H and O–H groups in total. The van der Waals surface area contributed by atoms with Gasteiger partial charge >= 0.3 is 6.18 Å². The number of benzene rings is 3. The second kappa shape index (κ2) is 11.1. The zero-order chi connectivity index (χ0) is 28.4. The quantitative estimate of drug-likeness (QED) is 0.248. The molecule has 0 saturated carbocycles. The van der Waals surface area contributed by atoms with E-state index in [1.54, 1.807) is 13.4 Å². The first kappa shape index (κ1) is 26.6. The number of nitrogens with zero attached hydrogens (tertiary/aromatic N) is 5. The van der Waals surface area contributed by atoms with Crippen LogP contribution in [-0.2, 0) is 32.1 Å². The topological polar surface area (TPSA) is 68.1 Å². The molecule has 6 rings (SSSR count). The van der Waals surface area contributed by atoms with E-state index in [2.05, 4.69) is 33.4 Å². The molecule has 0 atom stereocenters. The Labute approximate surface area is 235 Å². The third-order valence-electron chi connectivity index (χ3n) is 7.36. The number of nitrogens with one attached hydrogen (secondary N) is 1. The fraction of sp³-hybridized carbons (Fsp3) is 0.258. The first-order chi connectivity index (χ1) is 19.9. The number of alkyl halides is 3. The summed E-state index contributed by atoms with van der Waals surface area (Å²) >= 11 is 0. The van der Waals surface area contributed by atoms with Crippen LogP contribution in [0.5, 0.6) is 5.75 Å². The Morgan fingerprint density at radius 1 is 0.902 bits per heavy atom. The van der Waals surface area contributed by atoms with Gasteiger partial charge in [-0.25, -0.2) is 4.98 Å². The lowest BCUT2D eigenvalue weighted by Crippen LogP contribution is -2.32. The fourth-order valence-corrected chi connectivity index (χ4v) is 5.09. The molecule has 0 amide bonds. The Bertz CT molecular complexity index is 1650. The Hall–Kier alpha value is -4.60. The summed E-state index contributed by atoms with van der Waals surface area (Å²) < 4.78 is 46.3. The standard InChI is InChI=1S/C31H29F3N6O/c1-41-26-12-8-21(9-13-26)14-16-35-28-27-29(38-30(37-28)39-17-15-23-4-2-3-5-24(23)19-39)40(20-36-27)18-22-6-10-25(11-7-22)31(32,33)34/h2-13,20H,14-19H2,1H3,(H,35,37,38). The number of imidazole rings is 1. The van der Waals surface area contributed by atoms with Gasteiger partial charge in [-0.2, -0.15) is 23.1 Å². The van der Waals surface area contributed by atoms with Crippen molar-refractivity contribution >= 4 is 22.9 Å². The summed E-state index contributed by atoms with van der Waals surface area (Å²) in [7, 11) is 1.64. The molecule has 0 fully saturated rings. The maximum absolute atomic E-state index is 13.1. The molecule has 5 aromatic rings. The van der Waals surface area contributed by atoms with E-state index in [0.29, 0.717) is 42.6 Å². The van der Waals surface area contributed by atoms with E-state index >= 15 is 0 Å². The van der Waals surface area contributed by atoms with Gasteiger partial charge in [-0.05, 0) is 59.4 Å². The summed E-state index contributed by atoms with van der Waals surface area (Å²) in [6, 6.07) is 21.5. The van der Waals surface area contributed by atoms with Crippen molar-refractivity contribution in [3.63, 3.8) is 0 Å². The van der Waals surface area contributed by atoms with E-state index < -0.39 is 11.7 Å². The number of anilines is 2. The van der Waals surface area contributed by atoms with E-state index in [0.717, 1.165) is 48.4 Å². The summed E-state index contributed by atoms with van der Waals surface area (Å²) in [5.41, 5.74) is 5.02. The van der Waals surface area contributed by atoms with Crippen LogP contribution in [0.1, 0.15) is 27.8 Å². The number of aromatic nitrogens is 4. The molecule has 3 aromatic carbocycles. The third kappa shape index (κ3) is 5.82. The van der Waals surface area contributed by atoms with Crippen LogP contribution in [0.25, 0.3) is 11.2 Å². The number of hydrogen-bond acceptors (Lipinski definition) is 6. The second-order valence-corrected chi connectivity index (χ2v) is 10.1. The molecule has 7 nitrogen and oxygen atoms in total. The first-order valence-corrected chi connectivity index (χ1v) is 13.4. The summed E-state index contributed by atoms with van der Waals surface area (Å²) in [4.78, 5) is 16.6. The number of fused-ring (bicyclic) bond motifs is 2. The largest absolute Gasteiger partial charge is 0.497 e. The van der Waals surface area contributed by atoms with Gasteiger partial charge < -0.3 is 19.5 Å². The number of hydrogen-bond donors (Lipinski definition) is 1. The van der Waals surface area contributed by atoms with Crippen molar-refractivity contribution in [3.05, 3.63) is 107 Å². The maximum Gasteiger partial charge on any atom is 0.416 e. The van der Waals surface area contributed by atoms with Crippen molar-refractivity contribution < 1.29 is 17.9 Å².